The Hall–Kier alpha value is -2.47. The maximum absolute atomic E-state index is 12.5. The van der Waals surface area contributed by atoms with Crippen LogP contribution in [-0.4, -0.2) is 30.0 Å². The van der Waals surface area contributed by atoms with Crippen LogP contribution in [0.1, 0.15) is 40.5 Å². The zero-order valence-electron chi connectivity index (χ0n) is 18.8. The van der Waals surface area contributed by atoms with E-state index in [1.54, 1.807) is 4.90 Å². The van der Waals surface area contributed by atoms with Crippen LogP contribution in [0.5, 0.6) is 11.5 Å². The average molecular weight is 441 g/mol. The molecule has 0 saturated carbocycles. The maximum Gasteiger partial charge on any atom is 0.243 e. The molecule has 6 heteroatoms. The Bertz CT molecular complexity index is 877. The SMILES string of the molecule is CC(C)CCOc1ccc(N=C2SCC(=O)N2c2ccc(OCCC(C)C)cc2)cc1. The first-order chi connectivity index (χ1) is 14.9. The molecule has 0 aromatic heterocycles. The van der Waals surface area contributed by atoms with Crippen molar-refractivity contribution in [1.29, 1.82) is 0 Å². The van der Waals surface area contributed by atoms with E-state index in [4.69, 9.17) is 14.5 Å². The van der Waals surface area contributed by atoms with E-state index in [9.17, 15) is 4.79 Å². The van der Waals surface area contributed by atoms with Crippen molar-refractivity contribution in [2.75, 3.05) is 23.9 Å². The number of anilines is 1. The van der Waals surface area contributed by atoms with Crippen molar-refractivity contribution in [3.8, 4) is 11.5 Å². The molecule has 31 heavy (non-hydrogen) atoms. The van der Waals surface area contributed by atoms with Gasteiger partial charge in [0.25, 0.3) is 0 Å². The van der Waals surface area contributed by atoms with Crippen LogP contribution in [0.15, 0.2) is 53.5 Å². The number of nitrogens with zero attached hydrogens (tertiary/aromatic N) is 2. The van der Waals surface area contributed by atoms with Gasteiger partial charge < -0.3 is 9.47 Å². The van der Waals surface area contributed by atoms with Crippen molar-refractivity contribution in [3.05, 3.63) is 48.5 Å². The molecule has 3 rings (SSSR count). The van der Waals surface area contributed by atoms with E-state index in [1.807, 2.05) is 48.5 Å². The molecule has 1 heterocycles. The van der Waals surface area contributed by atoms with E-state index in [2.05, 4.69) is 27.7 Å². The molecule has 1 saturated heterocycles. The van der Waals surface area contributed by atoms with Gasteiger partial charge in [-0.2, -0.15) is 0 Å². The highest BCUT2D eigenvalue weighted by molar-refractivity contribution is 8.15. The fraction of sp³-hybridized carbons (Fsp3) is 0.440. The quantitative estimate of drug-likeness (QED) is 0.435. The standard InChI is InChI=1S/C25H32N2O3S/c1-18(2)13-15-29-22-9-5-20(6-10-22)26-25-27(24(28)17-31-25)21-7-11-23(12-8-21)30-16-14-19(3)4/h5-12,18-19H,13-17H2,1-4H3. The Kier molecular flexibility index (Phi) is 8.41. The lowest BCUT2D eigenvalue weighted by atomic mass is 10.1. The van der Waals surface area contributed by atoms with E-state index in [-0.39, 0.29) is 5.91 Å². The number of benzene rings is 2. The molecular weight excluding hydrogens is 408 g/mol. The van der Waals surface area contributed by atoms with Gasteiger partial charge in [-0.05, 0) is 73.2 Å². The summed E-state index contributed by atoms with van der Waals surface area (Å²) in [7, 11) is 0. The molecule has 0 spiro atoms. The minimum Gasteiger partial charge on any atom is -0.494 e. The van der Waals surface area contributed by atoms with Crippen molar-refractivity contribution >= 4 is 34.2 Å². The highest BCUT2D eigenvalue weighted by Crippen LogP contribution is 2.30. The number of carbonyl (C=O) groups is 1. The summed E-state index contributed by atoms with van der Waals surface area (Å²) in [6.45, 7) is 10.1. The van der Waals surface area contributed by atoms with Crippen molar-refractivity contribution in [3.63, 3.8) is 0 Å². The summed E-state index contributed by atoms with van der Waals surface area (Å²) in [5.41, 5.74) is 1.60. The van der Waals surface area contributed by atoms with Crippen molar-refractivity contribution in [2.24, 2.45) is 16.8 Å². The molecule has 0 bridgehead atoms. The summed E-state index contributed by atoms with van der Waals surface area (Å²) >= 11 is 1.45. The molecule has 1 aliphatic rings. The monoisotopic (exact) mass is 440 g/mol. The van der Waals surface area contributed by atoms with Crippen LogP contribution in [0.4, 0.5) is 11.4 Å². The van der Waals surface area contributed by atoms with Gasteiger partial charge in [-0.1, -0.05) is 39.5 Å². The smallest absolute Gasteiger partial charge is 0.243 e. The van der Waals surface area contributed by atoms with E-state index < -0.39 is 0 Å². The molecule has 0 N–H and O–H groups in total. The number of amides is 1. The van der Waals surface area contributed by atoms with E-state index in [0.717, 1.165) is 35.7 Å². The lowest BCUT2D eigenvalue weighted by Crippen LogP contribution is -2.29. The van der Waals surface area contributed by atoms with Gasteiger partial charge in [0.2, 0.25) is 5.91 Å². The molecule has 2 aromatic carbocycles. The second-order valence-electron chi connectivity index (χ2n) is 8.46. The fourth-order valence-corrected chi connectivity index (χ4v) is 3.83. The lowest BCUT2D eigenvalue weighted by Gasteiger charge is -2.17. The molecule has 0 unspecified atom stereocenters. The van der Waals surface area contributed by atoms with E-state index in [1.165, 1.54) is 11.8 Å². The van der Waals surface area contributed by atoms with Gasteiger partial charge in [0.05, 0.1) is 30.3 Å². The van der Waals surface area contributed by atoms with Crippen LogP contribution in [0.2, 0.25) is 0 Å². The number of ether oxygens (including phenoxy) is 2. The minimum atomic E-state index is 0.0332. The molecule has 0 atom stereocenters. The number of carbonyl (C=O) groups excluding carboxylic acids is 1. The van der Waals surface area contributed by atoms with Gasteiger partial charge in [0, 0.05) is 0 Å². The lowest BCUT2D eigenvalue weighted by molar-refractivity contribution is -0.115. The zero-order chi connectivity index (χ0) is 22.2. The summed E-state index contributed by atoms with van der Waals surface area (Å²) in [5.74, 6) is 3.31. The molecule has 166 valence electrons. The molecule has 0 radical (unpaired) electrons. The Labute approximate surface area is 189 Å². The number of amidine groups is 1. The molecular formula is C25H32N2O3S. The highest BCUT2D eigenvalue weighted by Gasteiger charge is 2.29. The van der Waals surface area contributed by atoms with Gasteiger partial charge in [-0.3, -0.25) is 9.69 Å². The van der Waals surface area contributed by atoms with Gasteiger partial charge in [-0.25, -0.2) is 4.99 Å². The number of thioether (sulfide) groups is 1. The van der Waals surface area contributed by atoms with Crippen LogP contribution < -0.4 is 14.4 Å². The van der Waals surface area contributed by atoms with Crippen LogP contribution in [-0.2, 0) is 4.79 Å². The number of aliphatic imine (C=N–C) groups is 1. The summed E-state index contributed by atoms with van der Waals surface area (Å²) in [6.07, 6.45) is 2.04. The third-order valence-electron chi connectivity index (χ3n) is 4.85. The third kappa shape index (κ3) is 7.03. The van der Waals surface area contributed by atoms with Crippen LogP contribution in [0, 0.1) is 11.8 Å². The van der Waals surface area contributed by atoms with Crippen molar-refractivity contribution < 1.29 is 14.3 Å². The fourth-order valence-electron chi connectivity index (χ4n) is 2.94. The Balaban J connectivity index is 1.66. The van der Waals surface area contributed by atoms with Crippen molar-refractivity contribution in [2.45, 2.75) is 40.5 Å². The number of hydrogen-bond acceptors (Lipinski definition) is 5. The predicted molar refractivity (Wildman–Crippen MR) is 130 cm³/mol. The van der Waals surface area contributed by atoms with E-state index in [0.29, 0.717) is 36.0 Å². The Morgan fingerprint density at radius 3 is 1.90 bits per heavy atom. The third-order valence-corrected chi connectivity index (χ3v) is 5.77. The van der Waals surface area contributed by atoms with Gasteiger partial charge in [0.1, 0.15) is 11.5 Å². The first kappa shape index (κ1) is 23.2. The van der Waals surface area contributed by atoms with Crippen molar-refractivity contribution in [1.82, 2.24) is 0 Å². The Morgan fingerprint density at radius 2 is 1.39 bits per heavy atom. The first-order valence-corrected chi connectivity index (χ1v) is 11.9. The summed E-state index contributed by atoms with van der Waals surface area (Å²) in [4.78, 5) is 18.9. The molecule has 1 fully saturated rings. The van der Waals surface area contributed by atoms with Gasteiger partial charge in [-0.15, -0.1) is 0 Å². The molecule has 5 nitrogen and oxygen atoms in total. The maximum atomic E-state index is 12.5. The van der Waals surface area contributed by atoms with E-state index >= 15 is 0 Å². The van der Waals surface area contributed by atoms with Gasteiger partial charge in [0.15, 0.2) is 5.17 Å². The second kappa shape index (κ2) is 11.2. The van der Waals surface area contributed by atoms with Crippen LogP contribution in [0.25, 0.3) is 0 Å². The molecule has 1 amide bonds. The van der Waals surface area contributed by atoms with Gasteiger partial charge >= 0.3 is 0 Å². The zero-order valence-corrected chi connectivity index (χ0v) is 19.7. The largest absolute Gasteiger partial charge is 0.494 e. The number of hydrogen-bond donors (Lipinski definition) is 0. The molecule has 0 aliphatic carbocycles. The normalized spacial score (nSPS) is 15.4. The number of rotatable bonds is 10. The molecule has 1 aliphatic heterocycles. The molecule has 2 aromatic rings. The van der Waals surface area contributed by atoms with Crippen LogP contribution >= 0.6 is 11.8 Å². The summed E-state index contributed by atoms with van der Waals surface area (Å²) in [5, 5.41) is 0.687. The summed E-state index contributed by atoms with van der Waals surface area (Å²) in [6, 6.07) is 15.3. The second-order valence-corrected chi connectivity index (χ2v) is 9.40. The summed E-state index contributed by atoms with van der Waals surface area (Å²) < 4.78 is 11.6. The average Bonchev–Trinajstić information content (AvgIpc) is 3.09. The minimum absolute atomic E-state index is 0.0332. The topological polar surface area (TPSA) is 51.1 Å². The van der Waals surface area contributed by atoms with Crippen LogP contribution in [0.3, 0.4) is 0 Å². The first-order valence-electron chi connectivity index (χ1n) is 10.9. The Morgan fingerprint density at radius 1 is 0.871 bits per heavy atom. The predicted octanol–water partition coefficient (Wildman–Crippen LogP) is 6.30. The highest BCUT2D eigenvalue weighted by atomic mass is 32.2.